The molecule has 1 saturated carbocycles. The molecule has 1 aliphatic rings. The van der Waals surface area contributed by atoms with Crippen molar-refractivity contribution in [2.75, 3.05) is 0 Å². The van der Waals surface area contributed by atoms with Gasteiger partial charge in [-0.3, -0.25) is 0 Å². The van der Waals surface area contributed by atoms with Crippen molar-refractivity contribution < 1.29 is 5.11 Å². The van der Waals surface area contributed by atoms with E-state index in [-0.39, 0.29) is 6.10 Å². The summed E-state index contributed by atoms with van der Waals surface area (Å²) < 4.78 is 0. The number of hydrogen-bond donors (Lipinski definition) is 1. The SMILES string of the molecule is C=CCCCCCC(O)C1C(C)(C)C1(C)C. The van der Waals surface area contributed by atoms with Crippen molar-refractivity contribution in [2.45, 2.75) is 65.9 Å². The molecule has 1 N–H and O–H groups in total. The topological polar surface area (TPSA) is 20.2 Å². The molecular formula is C15H28O. The summed E-state index contributed by atoms with van der Waals surface area (Å²) in [6.07, 6.45) is 7.53. The van der Waals surface area contributed by atoms with Gasteiger partial charge in [0.15, 0.2) is 0 Å². The van der Waals surface area contributed by atoms with Crippen molar-refractivity contribution in [3.8, 4) is 0 Å². The van der Waals surface area contributed by atoms with Gasteiger partial charge in [0.05, 0.1) is 6.10 Å². The number of unbranched alkanes of at least 4 members (excludes halogenated alkanes) is 3. The third kappa shape index (κ3) is 2.51. The highest BCUT2D eigenvalue weighted by atomic mass is 16.3. The van der Waals surface area contributed by atoms with Crippen LogP contribution in [0.3, 0.4) is 0 Å². The number of aliphatic hydroxyl groups is 1. The zero-order valence-corrected chi connectivity index (χ0v) is 11.4. The Kier molecular flexibility index (Phi) is 4.23. The lowest BCUT2D eigenvalue weighted by Crippen LogP contribution is -2.14. The standard InChI is InChI=1S/C15H28O/c1-6-7-8-9-10-11-12(16)13-14(2,3)15(13,4)5/h6,12-13,16H,1,7-11H2,2-5H3. The van der Waals surface area contributed by atoms with Crippen LogP contribution in [0.15, 0.2) is 12.7 Å². The first-order valence-corrected chi connectivity index (χ1v) is 6.64. The summed E-state index contributed by atoms with van der Waals surface area (Å²) >= 11 is 0. The maximum absolute atomic E-state index is 10.2. The van der Waals surface area contributed by atoms with Crippen LogP contribution in [0, 0.1) is 16.7 Å². The second kappa shape index (κ2) is 4.91. The zero-order valence-electron chi connectivity index (χ0n) is 11.4. The number of hydrogen-bond acceptors (Lipinski definition) is 1. The highest BCUT2D eigenvalue weighted by Crippen LogP contribution is 2.70. The summed E-state index contributed by atoms with van der Waals surface area (Å²) in [5.41, 5.74) is 0.626. The molecule has 0 heterocycles. The Morgan fingerprint density at radius 2 is 1.69 bits per heavy atom. The first-order chi connectivity index (χ1) is 7.35. The van der Waals surface area contributed by atoms with E-state index in [9.17, 15) is 5.11 Å². The highest BCUT2D eigenvalue weighted by molar-refractivity contribution is 5.14. The highest BCUT2D eigenvalue weighted by Gasteiger charge is 2.66. The molecule has 0 amide bonds. The van der Waals surface area contributed by atoms with E-state index in [4.69, 9.17) is 0 Å². The van der Waals surface area contributed by atoms with Crippen molar-refractivity contribution in [1.82, 2.24) is 0 Å². The number of rotatable bonds is 7. The Hall–Kier alpha value is -0.300. The lowest BCUT2D eigenvalue weighted by atomic mass is 10.0. The summed E-state index contributed by atoms with van der Waals surface area (Å²) in [6, 6.07) is 0. The molecule has 0 aliphatic heterocycles. The summed E-state index contributed by atoms with van der Waals surface area (Å²) in [7, 11) is 0. The second-order valence-corrected chi connectivity index (χ2v) is 6.42. The van der Waals surface area contributed by atoms with E-state index in [0.29, 0.717) is 16.7 Å². The summed E-state index contributed by atoms with van der Waals surface area (Å²) in [5, 5.41) is 10.2. The molecule has 0 aromatic heterocycles. The fraction of sp³-hybridized carbons (Fsp3) is 0.867. The number of aliphatic hydroxyl groups excluding tert-OH is 1. The van der Waals surface area contributed by atoms with Crippen molar-refractivity contribution in [1.29, 1.82) is 0 Å². The van der Waals surface area contributed by atoms with Crippen LogP contribution in [0.2, 0.25) is 0 Å². The van der Waals surface area contributed by atoms with Gasteiger partial charge in [-0.1, -0.05) is 46.6 Å². The normalized spacial score (nSPS) is 24.1. The lowest BCUT2D eigenvalue weighted by molar-refractivity contribution is 0.117. The van der Waals surface area contributed by atoms with Gasteiger partial charge >= 0.3 is 0 Å². The zero-order chi connectivity index (χ0) is 12.4. The van der Waals surface area contributed by atoms with Gasteiger partial charge in [0.2, 0.25) is 0 Å². The van der Waals surface area contributed by atoms with Crippen LogP contribution in [0.1, 0.15) is 59.8 Å². The molecule has 1 nitrogen and oxygen atoms in total. The van der Waals surface area contributed by atoms with E-state index in [1.165, 1.54) is 12.8 Å². The minimum absolute atomic E-state index is 0.103. The Bertz CT molecular complexity index is 226. The van der Waals surface area contributed by atoms with Crippen LogP contribution < -0.4 is 0 Å². The largest absolute Gasteiger partial charge is 0.393 e. The van der Waals surface area contributed by atoms with E-state index in [2.05, 4.69) is 34.3 Å². The fourth-order valence-corrected chi connectivity index (χ4v) is 3.19. The summed E-state index contributed by atoms with van der Waals surface area (Å²) in [4.78, 5) is 0. The van der Waals surface area contributed by atoms with Gasteiger partial charge in [0, 0.05) is 0 Å². The third-order valence-electron chi connectivity index (χ3n) is 4.93. The van der Waals surface area contributed by atoms with E-state index >= 15 is 0 Å². The smallest absolute Gasteiger partial charge is 0.0579 e. The second-order valence-electron chi connectivity index (χ2n) is 6.42. The Labute approximate surface area is 101 Å². The molecule has 0 aromatic rings. The van der Waals surface area contributed by atoms with Gasteiger partial charge in [-0.2, -0.15) is 0 Å². The van der Waals surface area contributed by atoms with Gasteiger partial charge in [-0.15, -0.1) is 6.58 Å². The predicted octanol–water partition coefficient (Wildman–Crippen LogP) is 4.17. The predicted molar refractivity (Wildman–Crippen MR) is 70.3 cm³/mol. The van der Waals surface area contributed by atoms with Crippen LogP contribution in [0.4, 0.5) is 0 Å². The van der Waals surface area contributed by atoms with E-state index in [1.54, 1.807) is 0 Å². The number of allylic oxidation sites excluding steroid dienone is 1. The molecule has 16 heavy (non-hydrogen) atoms. The Morgan fingerprint density at radius 1 is 1.12 bits per heavy atom. The van der Waals surface area contributed by atoms with Crippen LogP contribution >= 0.6 is 0 Å². The molecule has 0 bridgehead atoms. The minimum Gasteiger partial charge on any atom is -0.393 e. The van der Waals surface area contributed by atoms with E-state index in [1.807, 2.05) is 6.08 Å². The van der Waals surface area contributed by atoms with Crippen molar-refractivity contribution in [3.05, 3.63) is 12.7 Å². The molecule has 1 atom stereocenters. The quantitative estimate of drug-likeness (QED) is 0.508. The molecule has 0 radical (unpaired) electrons. The maximum atomic E-state index is 10.2. The van der Waals surface area contributed by atoms with Gasteiger partial charge in [-0.05, 0) is 36.0 Å². The van der Waals surface area contributed by atoms with Crippen LogP contribution in [0.5, 0.6) is 0 Å². The lowest BCUT2D eigenvalue weighted by Gasteiger charge is -2.12. The van der Waals surface area contributed by atoms with Crippen LogP contribution in [-0.2, 0) is 0 Å². The third-order valence-corrected chi connectivity index (χ3v) is 4.93. The van der Waals surface area contributed by atoms with Crippen LogP contribution in [0.25, 0.3) is 0 Å². The molecule has 94 valence electrons. The average Bonchev–Trinajstić information content (AvgIpc) is 2.57. The van der Waals surface area contributed by atoms with Crippen molar-refractivity contribution >= 4 is 0 Å². The summed E-state index contributed by atoms with van der Waals surface area (Å²) in [6.45, 7) is 12.8. The Morgan fingerprint density at radius 3 is 2.12 bits per heavy atom. The van der Waals surface area contributed by atoms with E-state index in [0.717, 1.165) is 19.3 Å². The van der Waals surface area contributed by atoms with Gasteiger partial charge < -0.3 is 5.11 Å². The Balaban J connectivity index is 2.22. The minimum atomic E-state index is -0.103. The van der Waals surface area contributed by atoms with Crippen molar-refractivity contribution in [3.63, 3.8) is 0 Å². The molecule has 1 fully saturated rings. The van der Waals surface area contributed by atoms with Crippen LogP contribution in [-0.4, -0.2) is 11.2 Å². The molecule has 0 saturated heterocycles. The molecule has 1 aliphatic carbocycles. The van der Waals surface area contributed by atoms with Crippen molar-refractivity contribution in [2.24, 2.45) is 16.7 Å². The molecule has 1 rings (SSSR count). The first kappa shape index (κ1) is 13.8. The van der Waals surface area contributed by atoms with E-state index < -0.39 is 0 Å². The molecule has 1 heteroatoms. The first-order valence-electron chi connectivity index (χ1n) is 6.64. The maximum Gasteiger partial charge on any atom is 0.0579 e. The molecular weight excluding hydrogens is 196 g/mol. The molecule has 0 aromatic carbocycles. The van der Waals surface area contributed by atoms with Gasteiger partial charge in [-0.25, -0.2) is 0 Å². The monoisotopic (exact) mass is 224 g/mol. The molecule has 1 unspecified atom stereocenters. The average molecular weight is 224 g/mol. The molecule has 0 spiro atoms. The fourth-order valence-electron chi connectivity index (χ4n) is 3.19. The van der Waals surface area contributed by atoms with Gasteiger partial charge in [0.25, 0.3) is 0 Å². The van der Waals surface area contributed by atoms with Gasteiger partial charge in [0.1, 0.15) is 0 Å². The summed E-state index contributed by atoms with van der Waals surface area (Å²) in [5.74, 6) is 0.486.